The predicted octanol–water partition coefficient (Wildman–Crippen LogP) is 3.82. The van der Waals surface area contributed by atoms with Gasteiger partial charge < -0.3 is 5.73 Å². The third kappa shape index (κ3) is 5.58. The smallest absolute Gasteiger partial charge is 0.330 e. The molecular formula is C26H27N5O3S. The molecule has 0 unspecified atom stereocenters. The first-order valence-electron chi connectivity index (χ1n) is 11.4. The Morgan fingerprint density at radius 2 is 1.77 bits per heavy atom. The molecule has 0 bridgehead atoms. The summed E-state index contributed by atoms with van der Waals surface area (Å²) in [5.41, 5.74) is 7.44. The Balaban J connectivity index is 1.70. The lowest BCUT2D eigenvalue weighted by Gasteiger charge is -2.24. The average molecular weight is 490 g/mol. The Kier molecular flexibility index (Phi) is 7.57. The molecule has 8 nitrogen and oxygen atoms in total. The summed E-state index contributed by atoms with van der Waals surface area (Å²) < 4.78 is 1.32. The van der Waals surface area contributed by atoms with Gasteiger partial charge in [0.05, 0.1) is 18.7 Å². The highest BCUT2D eigenvalue weighted by Crippen LogP contribution is 2.25. The van der Waals surface area contributed by atoms with E-state index >= 15 is 0 Å². The summed E-state index contributed by atoms with van der Waals surface area (Å²) in [4.78, 5) is 47.2. The Labute approximate surface area is 206 Å². The molecule has 0 atom stereocenters. The SMILES string of the molecule is CCCCn1c(N)c(N(Cc2ccccc2)C(=O)Cc2csc(-c3ccccc3)n2)c(=O)[nH]c1=O. The molecule has 180 valence electrons. The number of carbonyl (C=O) groups excluding carboxylic acids is 1. The van der Waals surface area contributed by atoms with Gasteiger partial charge in [-0.05, 0) is 12.0 Å². The number of nitrogens with one attached hydrogen (secondary N) is 1. The van der Waals surface area contributed by atoms with Crippen LogP contribution in [-0.4, -0.2) is 20.4 Å². The summed E-state index contributed by atoms with van der Waals surface area (Å²) in [5, 5.41) is 2.66. The molecule has 0 aliphatic rings. The van der Waals surface area contributed by atoms with Crippen molar-refractivity contribution in [3.8, 4) is 10.6 Å². The zero-order valence-electron chi connectivity index (χ0n) is 19.4. The van der Waals surface area contributed by atoms with Gasteiger partial charge in [-0.3, -0.25) is 24.0 Å². The van der Waals surface area contributed by atoms with E-state index in [2.05, 4.69) is 9.97 Å². The second-order valence-corrected chi connectivity index (χ2v) is 9.01. The highest BCUT2D eigenvalue weighted by molar-refractivity contribution is 7.13. The molecule has 9 heteroatoms. The minimum atomic E-state index is -0.687. The summed E-state index contributed by atoms with van der Waals surface area (Å²) >= 11 is 1.46. The van der Waals surface area contributed by atoms with Gasteiger partial charge in [0, 0.05) is 17.5 Å². The third-order valence-corrected chi connectivity index (χ3v) is 6.55. The fourth-order valence-electron chi connectivity index (χ4n) is 3.79. The van der Waals surface area contributed by atoms with Gasteiger partial charge in [-0.25, -0.2) is 9.78 Å². The zero-order valence-corrected chi connectivity index (χ0v) is 20.3. The molecule has 3 N–H and O–H groups in total. The largest absolute Gasteiger partial charge is 0.383 e. The van der Waals surface area contributed by atoms with Gasteiger partial charge in [-0.2, -0.15) is 0 Å². The Morgan fingerprint density at radius 1 is 1.09 bits per heavy atom. The number of hydrogen-bond acceptors (Lipinski definition) is 6. The van der Waals surface area contributed by atoms with Crippen LogP contribution in [0.25, 0.3) is 10.6 Å². The average Bonchev–Trinajstić information content (AvgIpc) is 3.33. The fraction of sp³-hybridized carbons (Fsp3) is 0.231. The first-order chi connectivity index (χ1) is 17.0. The molecule has 0 saturated carbocycles. The van der Waals surface area contributed by atoms with Gasteiger partial charge in [-0.1, -0.05) is 74.0 Å². The predicted molar refractivity (Wildman–Crippen MR) is 140 cm³/mol. The first-order valence-corrected chi connectivity index (χ1v) is 12.3. The van der Waals surface area contributed by atoms with E-state index in [0.717, 1.165) is 22.6 Å². The topological polar surface area (TPSA) is 114 Å². The molecule has 4 rings (SSSR count). The van der Waals surface area contributed by atoms with Gasteiger partial charge in [0.15, 0.2) is 5.69 Å². The number of amides is 1. The van der Waals surface area contributed by atoms with Crippen LogP contribution in [0.3, 0.4) is 0 Å². The number of benzene rings is 2. The third-order valence-electron chi connectivity index (χ3n) is 5.61. The van der Waals surface area contributed by atoms with E-state index in [4.69, 9.17) is 5.73 Å². The van der Waals surface area contributed by atoms with Crippen molar-refractivity contribution in [2.75, 3.05) is 10.6 Å². The number of nitrogens with two attached hydrogens (primary N) is 1. The van der Waals surface area contributed by atoms with Crippen LogP contribution in [-0.2, 0) is 24.3 Å². The number of nitrogen functional groups attached to an aromatic ring is 1. The lowest BCUT2D eigenvalue weighted by Crippen LogP contribution is -2.41. The minimum absolute atomic E-state index is 0.0108. The van der Waals surface area contributed by atoms with Gasteiger partial charge in [0.2, 0.25) is 5.91 Å². The van der Waals surface area contributed by atoms with Gasteiger partial charge >= 0.3 is 5.69 Å². The minimum Gasteiger partial charge on any atom is -0.383 e. The van der Waals surface area contributed by atoms with Crippen LogP contribution < -0.4 is 21.9 Å². The van der Waals surface area contributed by atoms with Crippen molar-refractivity contribution in [1.29, 1.82) is 0 Å². The van der Waals surface area contributed by atoms with E-state index in [0.29, 0.717) is 18.7 Å². The number of hydrogen-bond donors (Lipinski definition) is 2. The molecule has 4 aromatic rings. The quantitative estimate of drug-likeness (QED) is 0.371. The van der Waals surface area contributed by atoms with E-state index < -0.39 is 11.2 Å². The number of aromatic amines is 1. The van der Waals surface area contributed by atoms with E-state index in [9.17, 15) is 14.4 Å². The second-order valence-electron chi connectivity index (χ2n) is 8.15. The summed E-state index contributed by atoms with van der Waals surface area (Å²) in [7, 11) is 0. The molecule has 0 aliphatic heterocycles. The highest BCUT2D eigenvalue weighted by atomic mass is 32.1. The lowest BCUT2D eigenvalue weighted by atomic mass is 10.2. The van der Waals surface area contributed by atoms with Crippen LogP contribution in [0, 0.1) is 0 Å². The molecule has 0 spiro atoms. The Hall–Kier alpha value is -3.98. The molecule has 0 aliphatic carbocycles. The van der Waals surface area contributed by atoms with E-state index in [1.807, 2.05) is 73.0 Å². The van der Waals surface area contributed by atoms with E-state index in [1.165, 1.54) is 20.8 Å². The van der Waals surface area contributed by atoms with Crippen molar-refractivity contribution in [2.45, 2.75) is 39.3 Å². The summed E-state index contributed by atoms with van der Waals surface area (Å²) in [6.45, 7) is 2.48. The van der Waals surface area contributed by atoms with Crippen molar-refractivity contribution in [2.24, 2.45) is 0 Å². The van der Waals surface area contributed by atoms with E-state index in [1.54, 1.807) is 0 Å². The maximum atomic E-state index is 13.6. The highest BCUT2D eigenvalue weighted by Gasteiger charge is 2.25. The normalized spacial score (nSPS) is 10.9. The molecular weight excluding hydrogens is 462 g/mol. The number of anilines is 2. The number of carbonyl (C=O) groups is 1. The number of thiazole rings is 1. The maximum absolute atomic E-state index is 13.6. The van der Waals surface area contributed by atoms with Crippen LogP contribution in [0.5, 0.6) is 0 Å². The van der Waals surface area contributed by atoms with Crippen molar-refractivity contribution >= 4 is 28.7 Å². The number of rotatable bonds is 9. The second kappa shape index (κ2) is 11.0. The van der Waals surface area contributed by atoms with Crippen LogP contribution in [0.2, 0.25) is 0 Å². The number of nitrogens with zero attached hydrogens (tertiary/aromatic N) is 3. The van der Waals surface area contributed by atoms with Gasteiger partial charge in [-0.15, -0.1) is 11.3 Å². The van der Waals surface area contributed by atoms with E-state index in [-0.39, 0.29) is 30.4 Å². The number of H-pyrrole nitrogens is 1. The van der Waals surface area contributed by atoms with Crippen LogP contribution in [0.1, 0.15) is 31.0 Å². The standard InChI is InChI=1S/C26H27N5O3S/c1-2-3-14-30-23(27)22(24(33)29-26(30)34)31(16-18-10-6-4-7-11-18)21(32)15-20-17-35-25(28-20)19-12-8-5-9-13-19/h4-13,17H,2-3,14-16,27H2,1H3,(H,29,33,34). The van der Waals surface area contributed by atoms with Crippen LogP contribution in [0.15, 0.2) is 75.6 Å². The fourth-order valence-corrected chi connectivity index (χ4v) is 4.61. The summed E-state index contributed by atoms with van der Waals surface area (Å²) in [5.74, 6) is -0.351. The maximum Gasteiger partial charge on any atom is 0.330 e. The molecule has 2 aromatic heterocycles. The molecule has 0 radical (unpaired) electrons. The molecule has 2 aromatic carbocycles. The number of unbranched alkanes of at least 4 members (excludes halogenated alkanes) is 1. The van der Waals surface area contributed by atoms with Crippen molar-refractivity contribution < 1.29 is 4.79 Å². The van der Waals surface area contributed by atoms with Crippen LogP contribution in [0.4, 0.5) is 11.5 Å². The first kappa shape index (κ1) is 24.2. The zero-order chi connectivity index (χ0) is 24.8. The van der Waals surface area contributed by atoms with Crippen molar-refractivity contribution in [3.63, 3.8) is 0 Å². The molecule has 1 amide bonds. The van der Waals surface area contributed by atoms with Crippen LogP contribution >= 0.6 is 11.3 Å². The van der Waals surface area contributed by atoms with Crippen molar-refractivity contribution in [3.05, 3.63) is 98.1 Å². The molecule has 2 heterocycles. The molecule has 0 fully saturated rings. The Morgan fingerprint density at radius 3 is 2.46 bits per heavy atom. The molecule has 0 saturated heterocycles. The van der Waals surface area contributed by atoms with Crippen molar-refractivity contribution in [1.82, 2.24) is 14.5 Å². The summed E-state index contributed by atoms with van der Waals surface area (Å²) in [6, 6.07) is 19.1. The van der Waals surface area contributed by atoms with Gasteiger partial charge in [0.1, 0.15) is 10.8 Å². The summed E-state index contributed by atoms with van der Waals surface area (Å²) in [6.07, 6.45) is 1.55. The molecule has 35 heavy (non-hydrogen) atoms. The van der Waals surface area contributed by atoms with Gasteiger partial charge in [0.25, 0.3) is 5.56 Å². The number of aromatic nitrogens is 3. The monoisotopic (exact) mass is 489 g/mol. The Bertz CT molecular complexity index is 1410. The lowest BCUT2D eigenvalue weighted by molar-refractivity contribution is -0.118.